The van der Waals surface area contributed by atoms with E-state index in [-0.39, 0.29) is 0 Å². The first-order valence-electron chi connectivity index (χ1n) is 7.93. The molecule has 0 aliphatic heterocycles. The number of thiocarbonyl (C=S) groups is 1. The second-order valence-corrected chi connectivity index (χ2v) is 9.24. The van der Waals surface area contributed by atoms with Crippen LogP contribution in [-0.2, 0) is 4.79 Å². The first kappa shape index (κ1) is 22.7. The summed E-state index contributed by atoms with van der Waals surface area (Å²) in [6.07, 6.45) is 0. The Hall–Kier alpha value is -1.35. The molecule has 26 heavy (non-hydrogen) atoms. The van der Waals surface area contributed by atoms with Crippen LogP contribution in [0.5, 0.6) is 0 Å². The minimum atomic E-state index is -1.12. The zero-order valence-corrected chi connectivity index (χ0v) is 17.6. The minimum Gasteiger partial charge on any atom is -0.480 e. The van der Waals surface area contributed by atoms with Gasteiger partial charge in [-0.1, -0.05) is 35.6 Å². The van der Waals surface area contributed by atoms with Crippen molar-refractivity contribution in [3.8, 4) is 0 Å². The van der Waals surface area contributed by atoms with Crippen LogP contribution in [-0.4, -0.2) is 64.2 Å². The van der Waals surface area contributed by atoms with Gasteiger partial charge in [0.15, 0.2) is 0 Å². The summed E-state index contributed by atoms with van der Waals surface area (Å²) in [5, 5.41) is 15.8. The summed E-state index contributed by atoms with van der Waals surface area (Å²) in [6.45, 7) is 4.93. The monoisotopic (exact) mass is 417 g/mol. The van der Waals surface area contributed by atoms with E-state index in [4.69, 9.17) is 23.8 Å². The number of nitrogens with zero attached hydrogens (tertiary/aromatic N) is 1. The SMILES string of the molecule is CN(C)CCNC(=S)SC(C)(C)[C@H](NC(=O)c1ccc(Cl)cc1)C(=O)O. The van der Waals surface area contributed by atoms with Crippen LogP contribution in [0.15, 0.2) is 24.3 Å². The number of amides is 1. The summed E-state index contributed by atoms with van der Waals surface area (Å²) in [5.41, 5.74) is 0.341. The Morgan fingerprint density at radius 3 is 2.38 bits per heavy atom. The molecule has 0 aliphatic rings. The van der Waals surface area contributed by atoms with Gasteiger partial charge in [-0.25, -0.2) is 4.79 Å². The van der Waals surface area contributed by atoms with Crippen molar-refractivity contribution in [3.63, 3.8) is 0 Å². The Morgan fingerprint density at radius 1 is 1.31 bits per heavy atom. The van der Waals surface area contributed by atoms with Crippen LogP contribution < -0.4 is 10.6 Å². The van der Waals surface area contributed by atoms with Gasteiger partial charge in [-0.05, 0) is 52.2 Å². The molecule has 1 aromatic carbocycles. The summed E-state index contributed by atoms with van der Waals surface area (Å²) in [7, 11) is 3.91. The highest BCUT2D eigenvalue weighted by molar-refractivity contribution is 8.23. The molecule has 0 aromatic heterocycles. The van der Waals surface area contributed by atoms with Crippen LogP contribution in [0, 0.1) is 0 Å². The molecule has 0 radical (unpaired) electrons. The number of thioether (sulfide) groups is 1. The van der Waals surface area contributed by atoms with Gasteiger partial charge in [-0.3, -0.25) is 4.79 Å². The molecule has 144 valence electrons. The number of likely N-dealkylation sites (N-methyl/N-ethyl adjacent to an activating group) is 1. The topological polar surface area (TPSA) is 81.7 Å². The molecule has 9 heteroatoms. The Bertz CT molecular complexity index is 651. The van der Waals surface area contributed by atoms with E-state index in [2.05, 4.69) is 10.6 Å². The van der Waals surface area contributed by atoms with Gasteiger partial charge in [0.25, 0.3) is 5.91 Å². The Balaban J connectivity index is 2.76. The van der Waals surface area contributed by atoms with Gasteiger partial charge in [0.1, 0.15) is 10.4 Å². The number of hydrogen-bond donors (Lipinski definition) is 3. The molecule has 3 N–H and O–H groups in total. The first-order chi connectivity index (χ1) is 12.0. The number of aliphatic carboxylic acids is 1. The number of carboxylic acids is 1. The molecule has 0 unspecified atom stereocenters. The summed E-state index contributed by atoms with van der Waals surface area (Å²) in [6, 6.07) is 5.13. The third-order valence-corrected chi connectivity index (χ3v) is 5.25. The fourth-order valence-electron chi connectivity index (χ4n) is 2.06. The molecule has 1 amide bonds. The number of halogens is 1. The first-order valence-corrected chi connectivity index (χ1v) is 9.54. The van der Waals surface area contributed by atoms with Crippen molar-refractivity contribution in [2.24, 2.45) is 0 Å². The predicted octanol–water partition coefficient (Wildman–Crippen LogP) is 2.47. The molecule has 6 nitrogen and oxygen atoms in total. The Labute approximate surface area is 168 Å². The molecule has 0 bridgehead atoms. The maximum absolute atomic E-state index is 12.4. The normalized spacial score (nSPS) is 12.5. The van der Waals surface area contributed by atoms with Gasteiger partial charge in [-0.2, -0.15) is 0 Å². The zero-order valence-electron chi connectivity index (χ0n) is 15.2. The zero-order chi connectivity index (χ0) is 19.9. The number of benzene rings is 1. The van der Waals surface area contributed by atoms with Crippen LogP contribution in [0.2, 0.25) is 5.02 Å². The lowest BCUT2D eigenvalue weighted by Gasteiger charge is -2.31. The molecule has 0 heterocycles. The van der Waals surface area contributed by atoms with Crippen LogP contribution in [0.1, 0.15) is 24.2 Å². The van der Waals surface area contributed by atoms with E-state index >= 15 is 0 Å². The lowest BCUT2D eigenvalue weighted by atomic mass is 10.0. The van der Waals surface area contributed by atoms with E-state index in [0.717, 1.165) is 6.54 Å². The molecule has 1 aromatic rings. The van der Waals surface area contributed by atoms with Crippen molar-refractivity contribution in [2.75, 3.05) is 27.2 Å². The lowest BCUT2D eigenvalue weighted by molar-refractivity contribution is -0.139. The number of carboxylic acid groups (broad SMARTS) is 1. The predicted molar refractivity (Wildman–Crippen MR) is 111 cm³/mol. The van der Waals surface area contributed by atoms with Gasteiger partial charge in [0, 0.05) is 28.4 Å². The third kappa shape index (κ3) is 7.49. The molecule has 0 saturated heterocycles. The van der Waals surface area contributed by atoms with E-state index in [9.17, 15) is 14.7 Å². The highest BCUT2D eigenvalue weighted by Crippen LogP contribution is 2.29. The molecule has 1 atom stereocenters. The minimum absolute atomic E-state index is 0.341. The molecule has 1 rings (SSSR count). The van der Waals surface area contributed by atoms with E-state index in [1.165, 1.54) is 11.8 Å². The number of rotatable bonds is 8. The second-order valence-electron chi connectivity index (χ2n) is 6.47. The van der Waals surface area contributed by atoms with Gasteiger partial charge >= 0.3 is 5.97 Å². The highest BCUT2D eigenvalue weighted by Gasteiger charge is 2.38. The van der Waals surface area contributed by atoms with E-state index in [1.54, 1.807) is 38.1 Å². The van der Waals surface area contributed by atoms with Crippen molar-refractivity contribution in [1.82, 2.24) is 15.5 Å². The van der Waals surface area contributed by atoms with Crippen LogP contribution in [0.25, 0.3) is 0 Å². The third-order valence-electron chi connectivity index (χ3n) is 3.51. The van der Waals surface area contributed by atoms with Gasteiger partial charge < -0.3 is 20.6 Å². The number of carbonyl (C=O) groups excluding carboxylic acids is 1. The highest BCUT2D eigenvalue weighted by atomic mass is 35.5. The maximum atomic E-state index is 12.4. The second kappa shape index (κ2) is 10.1. The number of carbonyl (C=O) groups is 2. The van der Waals surface area contributed by atoms with Gasteiger partial charge in [0.2, 0.25) is 0 Å². The van der Waals surface area contributed by atoms with Crippen LogP contribution in [0.3, 0.4) is 0 Å². The van der Waals surface area contributed by atoms with Crippen molar-refractivity contribution in [2.45, 2.75) is 24.6 Å². The molecule has 0 spiro atoms. The Kier molecular flexibility index (Phi) is 8.82. The molecular weight excluding hydrogens is 394 g/mol. The largest absolute Gasteiger partial charge is 0.480 e. The van der Waals surface area contributed by atoms with Gasteiger partial charge in [-0.15, -0.1) is 0 Å². The number of hydrogen-bond acceptors (Lipinski definition) is 5. The van der Waals surface area contributed by atoms with Crippen molar-refractivity contribution in [1.29, 1.82) is 0 Å². The fraction of sp³-hybridized carbons (Fsp3) is 0.471. The summed E-state index contributed by atoms with van der Waals surface area (Å²) in [5.74, 6) is -1.60. The Morgan fingerprint density at radius 2 is 1.88 bits per heavy atom. The molecular formula is C17H24ClN3O3S2. The van der Waals surface area contributed by atoms with Crippen molar-refractivity contribution < 1.29 is 14.7 Å². The summed E-state index contributed by atoms with van der Waals surface area (Å²) in [4.78, 5) is 26.1. The van der Waals surface area contributed by atoms with E-state index < -0.39 is 22.7 Å². The smallest absolute Gasteiger partial charge is 0.327 e. The van der Waals surface area contributed by atoms with Crippen LogP contribution >= 0.6 is 35.6 Å². The maximum Gasteiger partial charge on any atom is 0.327 e. The van der Waals surface area contributed by atoms with Crippen LogP contribution in [0.4, 0.5) is 0 Å². The fourth-order valence-corrected chi connectivity index (χ4v) is 3.87. The van der Waals surface area contributed by atoms with Gasteiger partial charge in [0.05, 0.1) is 0 Å². The molecule has 0 fully saturated rings. The lowest BCUT2D eigenvalue weighted by Crippen LogP contribution is -2.53. The summed E-state index contributed by atoms with van der Waals surface area (Å²) >= 11 is 12.3. The standard InChI is InChI=1S/C17H24ClN3O3S2/c1-17(2,26-16(25)19-9-10-21(3)4)13(15(23)24)20-14(22)11-5-7-12(18)8-6-11/h5-8,13H,9-10H2,1-4H3,(H,19,25)(H,20,22)(H,23,24)/t13-/m1/s1. The number of nitrogens with one attached hydrogen (secondary N) is 2. The average Bonchev–Trinajstić information content (AvgIpc) is 2.51. The quantitative estimate of drug-likeness (QED) is 0.560. The summed E-state index contributed by atoms with van der Waals surface area (Å²) < 4.78 is -0.361. The average molecular weight is 418 g/mol. The molecule has 0 saturated carbocycles. The van der Waals surface area contributed by atoms with E-state index in [1.807, 2.05) is 19.0 Å². The van der Waals surface area contributed by atoms with E-state index in [0.29, 0.717) is 21.5 Å². The van der Waals surface area contributed by atoms with Crippen molar-refractivity contribution in [3.05, 3.63) is 34.9 Å². The molecule has 0 aliphatic carbocycles. The van der Waals surface area contributed by atoms with Crippen molar-refractivity contribution >= 4 is 51.8 Å².